The molecule has 0 saturated carbocycles. The van der Waals surface area contributed by atoms with E-state index < -0.39 is 0 Å². The van der Waals surface area contributed by atoms with Crippen LogP contribution in [0.3, 0.4) is 0 Å². The van der Waals surface area contributed by atoms with E-state index in [2.05, 4.69) is 45.3 Å². The van der Waals surface area contributed by atoms with Crippen molar-refractivity contribution in [1.82, 2.24) is 24.8 Å². The number of piperazine rings is 1. The predicted molar refractivity (Wildman–Crippen MR) is 154 cm³/mol. The van der Waals surface area contributed by atoms with Crippen molar-refractivity contribution in [1.29, 1.82) is 0 Å². The smallest absolute Gasteiger partial charge is 0.233 e. The summed E-state index contributed by atoms with van der Waals surface area (Å²) >= 11 is 0. The summed E-state index contributed by atoms with van der Waals surface area (Å²) in [6, 6.07) is 27.6. The number of fused-ring (bicyclic) bond motifs is 1. The van der Waals surface area contributed by atoms with Crippen molar-refractivity contribution in [3.05, 3.63) is 102 Å². The van der Waals surface area contributed by atoms with E-state index in [4.69, 9.17) is 15.0 Å². The van der Waals surface area contributed by atoms with Gasteiger partial charge in [-0.05, 0) is 35.5 Å². The molecular weight excluding hydrogens is 486 g/mol. The number of Topliss-reactive ketones (excluding diaryl/α,β-unsaturated/α-hetero) is 1. The van der Waals surface area contributed by atoms with Crippen LogP contribution in [0, 0.1) is 0 Å². The third kappa shape index (κ3) is 5.61. The van der Waals surface area contributed by atoms with Gasteiger partial charge in [-0.2, -0.15) is 15.0 Å². The van der Waals surface area contributed by atoms with Crippen molar-refractivity contribution in [2.24, 2.45) is 0 Å². The normalized spacial score (nSPS) is 13.9. The van der Waals surface area contributed by atoms with Crippen LogP contribution >= 0.6 is 0 Å². The maximum Gasteiger partial charge on any atom is 0.233 e. The number of nitrogens with zero attached hydrogens (tertiary/aromatic N) is 6. The quantitative estimate of drug-likeness (QED) is 0.303. The fourth-order valence-electron chi connectivity index (χ4n) is 4.78. The Morgan fingerprint density at radius 2 is 1.62 bits per heavy atom. The highest BCUT2D eigenvalue weighted by Gasteiger charge is 2.20. The molecule has 1 N–H and O–H groups in total. The number of carbonyl (C=O) groups is 1. The summed E-state index contributed by atoms with van der Waals surface area (Å²) < 4.78 is 0. The lowest BCUT2D eigenvalue weighted by atomic mass is 10.0. The van der Waals surface area contributed by atoms with Gasteiger partial charge in [0.05, 0.1) is 0 Å². The van der Waals surface area contributed by atoms with E-state index in [1.165, 1.54) is 0 Å². The topological polar surface area (TPSA) is 87.1 Å². The van der Waals surface area contributed by atoms with Gasteiger partial charge < -0.3 is 15.1 Å². The number of likely N-dealkylation sites (N-methyl/N-ethyl adjacent to an activating group) is 1. The maximum atomic E-state index is 13.0. The molecule has 0 unspecified atom stereocenters. The highest BCUT2D eigenvalue weighted by atomic mass is 16.1. The molecule has 2 aromatic heterocycles. The third-order valence-electron chi connectivity index (χ3n) is 6.97. The summed E-state index contributed by atoms with van der Waals surface area (Å²) in [6.07, 6.45) is 1.96. The highest BCUT2D eigenvalue weighted by Crippen LogP contribution is 2.28. The van der Waals surface area contributed by atoms with Gasteiger partial charge in [0, 0.05) is 49.9 Å². The fourth-order valence-corrected chi connectivity index (χ4v) is 4.78. The third-order valence-corrected chi connectivity index (χ3v) is 6.97. The number of anilines is 3. The number of benzene rings is 3. The van der Waals surface area contributed by atoms with Crippen LogP contribution in [0.4, 0.5) is 17.7 Å². The van der Waals surface area contributed by atoms with E-state index in [1.54, 1.807) is 18.3 Å². The van der Waals surface area contributed by atoms with E-state index in [0.29, 0.717) is 35.5 Å². The minimum atomic E-state index is 0.0249. The second kappa shape index (κ2) is 11.0. The number of aromatic nitrogens is 4. The van der Waals surface area contributed by atoms with E-state index in [9.17, 15) is 4.79 Å². The molecule has 8 heteroatoms. The second-order valence-electron chi connectivity index (χ2n) is 9.74. The molecule has 194 valence electrons. The lowest BCUT2D eigenvalue weighted by Gasteiger charge is -2.32. The summed E-state index contributed by atoms with van der Waals surface area (Å²) in [5.41, 5.74) is 2.50. The van der Waals surface area contributed by atoms with Gasteiger partial charge in [-0.15, -0.1) is 0 Å². The minimum Gasteiger partial charge on any atom is -0.338 e. The molecule has 0 spiro atoms. The molecule has 3 heterocycles. The summed E-state index contributed by atoms with van der Waals surface area (Å²) in [4.78, 5) is 36.4. The highest BCUT2D eigenvalue weighted by molar-refractivity contribution is 5.98. The van der Waals surface area contributed by atoms with Crippen molar-refractivity contribution < 1.29 is 4.79 Å². The molecule has 0 bridgehead atoms. The molecule has 0 aliphatic carbocycles. The molecule has 0 radical (unpaired) electrons. The number of hydrogen-bond acceptors (Lipinski definition) is 8. The summed E-state index contributed by atoms with van der Waals surface area (Å²) in [7, 11) is 2.12. The molecule has 1 fully saturated rings. The molecule has 3 aromatic carbocycles. The van der Waals surface area contributed by atoms with Crippen LogP contribution in [0.1, 0.15) is 15.9 Å². The van der Waals surface area contributed by atoms with Crippen molar-refractivity contribution in [3.8, 4) is 11.4 Å². The lowest BCUT2D eigenvalue weighted by molar-refractivity contribution is 0.0993. The molecule has 1 aliphatic rings. The van der Waals surface area contributed by atoms with Crippen molar-refractivity contribution in [3.63, 3.8) is 0 Å². The van der Waals surface area contributed by atoms with Crippen LogP contribution in [0.15, 0.2) is 91.1 Å². The molecule has 0 amide bonds. The summed E-state index contributed by atoms with van der Waals surface area (Å²) in [5, 5.41) is 5.45. The summed E-state index contributed by atoms with van der Waals surface area (Å²) in [6.45, 7) is 3.53. The Kier molecular flexibility index (Phi) is 6.93. The van der Waals surface area contributed by atoms with Crippen LogP contribution in [-0.4, -0.2) is 63.8 Å². The van der Waals surface area contributed by atoms with Gasteiger partial charge in [-0.1, -0.05) is 72.8 Å². The summed E-state index contributed by atoms with van der Waals surface area (Å²) in [5.74, 6) is 2.14. The van der Waals surface area contributed by atoms with Crippen LogP contribution in [0.25, 0.3) is 22.2 Å². The Hall–Kier alpha value is -4.69. The molecular formula is C31H29N7O. The first-order valence-electron chi connectivity index (χ1n) is 13.1. The van der Waals surface area contributed by atoms with Gasteiger partial charge in [-0.25, -0.2) is 4.98 Å². The molecule has 5 aromatic rings. The van der Waals surface area contributed by atoms with E-state index >= 15 is 0 Å². The van der Waals surface area contributed by atoms with E-state index in [0.717, 1.165) is 48.1 Å². The van der Waals surface area contributed by atoms with Crippen LogP contribution < -0.4 is 10.2 Å². The molecule has 1 aliphatic heterocycles. The van der Waals surface area contributed by atoms with E-state index in [1.807, 2.05) is 54.6 Å². The van der Waals surface area contributed by atoms with Gasteiger partial charge in [-0.3, -0.25) is 4.79 Å². The van der Waals surface area contributed by atoms with Gasteiger partial charge >= 0.3 is 0 Å². The molecule has 39 heavy (non-hydrogen) atoms. The Balaban J connectivity index is 1.34. The minimum absolute atomic E-state index is 0.0249. The number of pyridine rings is 1. The van der Waals surface area contributed by atoms with Gasteiger partial charge in [0.25, 0.3) is 0 Å². The lowest BCUT2D eigenvalue weighted by Crippen LogP contribution is -2.45. The maximum absolute atomic E-state index is 13.0. The molecule has 6 rings (SSSR count). The van der Waals surface area contributed by atoms with Crippen molar-refractivity contribution in [2.45, 2.75) is 6.42 Å². The number of carbonyl (C=O) groups excluding carboxylic acids is 1. The number of ketones is 1. The van der Waals surface area contributed by atoms with E-state index in [-0.39, 0.29) is 5.78 Å². The number of nitrogens with one attached hydrogen (secondary N) is 1. The Labute approximate surface area is 227 Å². The molecule has 8 nitrogen and oxygen atoms in total. The van der Waals surface area contributed by atoms with Crippen LogP contribution in [0.2, 0.25) is 0 Å². The zero-order valence-electron chi connectivity index (χ0n) is 21.8. The van der Waals surface area contributed by atoms with Crippen LogP contribution in [0.5, 0.6) is 0 Å². The zero-order valence-corrected chi connectivity index (χ0v) is 21.8. The molecule has 1 saturated heterocycles. The largest absolute Gasteiger partial charge is 0.338 e. The number of rotatable bonds is 7. The van der Waals surface area contributed by atoms with Crippen molar-refractivity contribution >= 4 is 34.3 Å². The number of hydrogen-bond donors (Lipinski definition) is 1. The van der Waals surface area contributed by atoms with Crippen LogP contribution in [-0.2, 0) is 6.42 Å². The van der Waals surface area contributed by atoms with Crippen molar-refractivity contribution in [2.75, 3.05) is 43.4 Å². The molecule has 0 atom stereocenters. The van der Waals surface area contributed by atoms with Gasteiger partial charge in [0.1, 0.15) is 5.82 Å². The average molecular weight is 516 g/mol. The zero-order chi connectivity index (χ0) is 26.6. The Morgan fingerprint density at radius 3 is 2.46 bits per heavy atom. The first-order valence-corrected chi connectivity index (χ1v) is 13.1. The fraction of sp³-hybridized carbons (Fsp3) is 0.194. The predicted octanol–water partition coefficient (Wildman–Crippen LogP) is 5.01. The van der Waals surface area contributed by atoms with Gasteiger partial charge in [0.2, 0.25) is 11.9 Å². The first-order chi connectivity index (χ1) is 19.1. The average Bonchev–Trinajstić information content (AvgIpc) is 2.98. The Bertz CT molecular complexity index is 1610. The standard InChI is InChI=1S/C31H29N7O/c1-37-16-18-38(19-17-37)31-35-29(26-13-7-11-23-10-5-6-12-25(23)26)34-30(36-31)33-28-21-24(14-15-32-28)27(39)20-22-8-3-2-4-9-22/h2-15,21H,16-20H2,1H3,(H,32,33,34,35,36). The Morgan fingerprint density at radius 1 is 0.846 bits per heavy atom. The second-order valence-corrected chi connectivity index (χ2v) is 9.74. The monoisotopic (exact) mass is 515 g/mol. The van der Waals surface area contributed by atoms with Gasteiger partial charge in [0.15, 0.2) is 11.6 Å². The SMILES string of the molecule is CN1CCN(c2nc(Nc3cc(C(=O)Cc4ccccc4)ccn3)nc(-c3cccc4ccccc34)n2)CC1. The first kappa shape index (κ1) is 24.6.